The van der Waals surface area contributed by atoms with E-state index in [0.29, 0.717) is 6.07 Å². The number of nitrogens with zero attached hydrogens (tertiary/aromatic N) is 2. The zero-order valence-corrected chi connectivity index (χ0v) is 15.4. The van der Waals surface area contributed by atoms with E-state index in [1.807, 2.05) is 13.0 Å². The van der Waals surface area contributed by atoms with Gasteiger partial charge in [0.25, 0.3) is 5.91 Å². The highest BCUT2D eigenvalue weighted by atomic mass is 19.2. The molecule has 3 aromatic rings. The van der Waals surface area contributed by atoms with E-state index in [0.717, 1.165) is 17.4 Å². The summed E-state index contributed by atoms with van der Waals surface area (Å²) in [5.74, 6) is -6.30. The Hall–Kier alpha value is -3.62. The van der Waals surface area contributed by atoms with Crippen molar-refractivity contribution in [3.63, 3.8) is 0 Å². The molecule has 1 atom stereocenters. The Morgan fingerprint density at radius 1 is 1.03 bits per heavy atom. The zero-order valence-electron chi connectivity index (χ0n) is 15.4. The van der Waals surface area contributed by atoms with Crippen LogP contribution in [0, 0.1) is 24.4 Å². The molecule has 2 aromatic carbocycles. The Bertz CT molecular complexity index is 1060. The van der Waals surface area contributed by atoms with Crippen LogP contribution in [0.1, 0.15) is 23.0 Å². The van der Waals surface area contributed by atoms with Gasteiger partial charge in [0.05, 0.1) is 16.9 Å². The third-order valence-corrected chi connectivity index (χ3v) is 4.13. The van der Waals surface area contributed by atoms with Crippen LogP contribution >= 0.6 is 0 Å². The molecule has 0 bridgehead atoms. The summed E-state index contributed by atoms with van der Waals surface area (Å²) in [4.78, 5) is 24.3. The van der Waals surface area contributed by atoms with E-state index < -0.39 is 41.1 Å². The van der Waals surface area contributed by atoms with E-state index in [1.165, 1.54) is 19.1 Å². The van der Waals surface area contributed by atoms with Gasteiger partial charge in [-0.25, -0.2) is 22.6 Å². The first-order valence-electron chi connectivity index (χ1n) is 8.54. The summed E-state index contributed by atoms with van der Waals surface area (Å²) >= 11 is 0. The standard InChI is InChI=1S/C20H16F3N3O3/c1-11-9-10-24-26(11)14-5-3-13(4-6-14)20(28)29-12(2)19(27)25-16-8-7-15(21)17(22)18(16)23/h3-10,12H,1-2H3,(H,25,27)/t12-/m0/s1. The molecule has 0 radical (unpaired) electrons. The highest BCUT2D eigenvalue weighted by molar-refractivity contribution is 5.97. The minimum atomic E-state index is -1.71. The van der Waals surface area contributed by atoms with Gasteiger partial charge in [-0.05, 0) is 56.3 Å². The summed E-state index contributed by atoms with van der Waals surface area (Å²) in [7, 11) is 0. The Morgan fingerprint density at radius 2 is 1.72 bits per heavy atom. The van der Waals surface area contributed by atoms with Gasteiger partial charge in [0, 0.05) is 11.9 Å². The van der Waals surface area contributed by atoms with Crippen molar-refractivity contribution in [2.75, 3.05) is 5.32 Å². The van der Waals surface area contributed by atoms with E-state index in [9.17, 15) is 22.8 Å². The number of amides is 1. The summed E-state index contributed by atoms with van der Waals surface area (Å²) in [6, 6.07) is 9.73. The number of hydrogen-bond acceptors (Lipinski definition) is 4. The van der Waals surface area contributed by atoms with Crippen molar-refractivity contribution in [1.82, 2.24) is 9.78 Å². The summed E-state index contributed by atoms with van der Waals surface area (Å²) in [6.45, 7) is 3.15. The normalized spacial score (nSPS) is 11.8. The van der Waals surface area contributed by atoms with Gasteiger partial charge in [-0.3, -0.25) is 4.79 Å². The Balaban J connectivity index is 1.65. The molecular weight excluding hydrogens is 387 g/mol. The lowest BCUT2D eigenvalue weighted by atomic mass is 10.2. The zero-order chi connectivity index (χ0) is 21.1. The van der Waals surface area contributed by atoms with Gasteiger partial charge < -0.3 is 10.1 Å². The molecular formula is C20H16F3N3O3. The Kier molecular flexibility index (Phi) is 5.67. The summed E-state index contributed by atoms with van der Waals surface area (Å²) in [6.07, 6.45) is 0.344. The van der Waals surface area contributed by atoms with Crippen LogP contribution in [0.25, 0.3) is 5.69 Å². The molecule has 6 nitrogen and oxygen atoms in total. The van der Waals surface area contributed by atoms with Crippen LogP contribution in [-0.2, 0) is 9.53 Å². The average Bonchev–Trinajstić information content (AvgIpc) is 3.14. The number of hydrogen-bond donors (Lipinski definition) is 1. The minimum absolute atomic E-state index is 0.192. The van der Waals surface area contributed by atoms with Crippen molar-refractivity contribution >= 4 is 17.6 Å². The SMILES string of the molecule is Cc1ccnn1-c1ccc(C(=O)O[C@@H](C)C(=O)Nc2ccc(F)c(F)c2F)cc1. The first kappa shape index (κ1) is 20.1. The van der Waals surface area contributed by atoms with E-state index >= 15 is 0 Å². The molecule has 29 heavy (non-hydrogen) atoms. The number of esters is 1. The van der Waals surface area contributed by atoms with Gasteiger partial charge in [0.2, 0.25) is 0 Å². The van der Waals surface area contributed by atoms with E-state index in [1.54, 1.807) is 23.0 Å². The molecule has 0 aliphatic carbocycles. The number of rotatable bonds is 5. The smallest absolute Gasteiger partial charge is 0.338 e. The maximum absolute atomic E-state index is 13.7. The second kappa shape index (κ2) is 8.17. The lowest BCUT2D eigenvalue weighted by molar-refractivity contribution is -0.123. The topological polar surface area (TPSA) is 73.2 Å². The highest BCUT2D eigenvalue weighted by Crippen LogP contribution is 2.20. The number of halogens is 3. The van der Waals surface area contributed by atoms with Crippen LogP contribution in [0.4, 0.5) is 18.9 Å². The Labute approximate surface area is 163 Å². The van der Waals surface area contributed by atoms with Crippen LogP contribution in [0.2, 0.25) is 0 Å². The van der Waals surface area contributed by atoms with Crippen LogP contribution in [0.15, 0.2) is 48.7 Å². The molecule has 1 amide bonds. The van der Waals surface area contributed by atoms with Gasteiger partial charge >= 0.3 is 5.97 Å². The second-order valence-corrected chi connectivity index (χ2v) is 6.19. The van der Waals surface area contributed by atoms with Crippen molar-refractivity contribution in [3.8, 4) is 5.69 Å². The molecule has 0 saturated heterocycles. The highest BCUT2D eigenvalue weighted by Gasteiger charge is 2.22. The fourth-order valence-corrected chi connectivity index (χ4v) is 2.52. The summed E-state index contributed by atoms with van der Waals surface area (Å²) in [5, 5.41) is 6.22. The van der Waals surface area contributed by atoms with Crippen LogP contribution in [0.3, 0.4) is 0 Å². The fraction of sp³-hybridized carbons (Fsp3) is 0.150. The Morgan fingerprint density at radius 3 is 2.34 bits per heavy atom. The van der Waals surface area contributed by atoms with Gasteiger partial charge in [-0.1, -0.05) is 0 Å². The van der Waals surface area contributed by atoms with Crippen LogP contribution < -0.4 is 5.32 Å². The first-order chi connectivity index (χ1) is 13.8. The molecule has 0 unspecified atom stereocenters. The lowest BCUT2D eigenvalue weighted by Gasteiger charge is -2.14. The maximum atomic E-state index is 13.7. The maximum Gasteiger partial charge on any atom is 0.338 e. The number of nitrogens with one attached hydrogen (secondary N) is 1. The number of benzene rings is 2. The molecule has 1 aromatic heterocycles. The van der Waals surface area contributed by atoms with Gasteiger partial charge in [0.1, 0.15) is 0 Å². The predicted molar refractivity (Wildman–Crippen MR) is 98.1 cm³/mol. The number of ether oxygens (including phenoxy) is 1. The largest absolute Gasteiger partial charge is 0.449 e. The molecule has 0 fully saturated rings. The number of carbonyl (C=O) groups is 2. The summed E-state index contributed by atoms with van der Waals surface area (Å²) < 4.78 is 46.6. The van der Waals surface area contributed by atoms with Crippen molar-refractivity contribution < 1.29 is 27.5 Å². The molecule has 9 heteroatoms. The lowest BCUT2D eigenvalue weighted by Crippen LogP contribution is -2.30. The van der Waals surface area contributed by atoms with E-state index in [4.69, 9.17) is 4.74 Å². The summed E-state index contributed by atoms with van der Waals surface area (Å²) in [5.41, 5.74) is 1.28. The molecule has 3 rings (SSSR count). The molecule has 0 aliphatic heterocycles. The molecule has 150 valence electrons. The third kappa shape index (κ3) is 4.29. The molecule has 0 saturated carbocycles. The first-order valence-corrected chi connectivity index (χ1v) is 8.54. The number of aromatic nitrogens is 2. The predicted octanol–water partition coefficient (Wildman–Crippen LogP) is 3.78. The number of anilines is 1. The second-order valence-electron chi connectivity index (χ2n) is 6.19. The van der Waals surface area contributed by atoms with Gasteiger partial charge in [0.15, 0.2) is 23.6 Å². The third-order valence-electron chi connectivity index (χ3n) is 4.13. The molecule has 0 aliphatic rings. The fourth-order valence-electron chi connectivity index (χ4n) is 2.52. The van der Waals surface area contributed by atoms with Crippen molar-refractivity contribution in [2.24, 2.45) is 0 Å². The number of aryl methyl sites for hydroxylation is 1. The number of carbonyl (C=O) groups excluding carboxylic acids is 2. The van der Waals surface area contributed by atoms with Crippen LogP contribution in [0.5, 0.6) is 0 Å². The van der Waals surface area contributed by atoms with Crippen LogP contribution in [-0.4, -0.2) is 27.8 Å². The van der Waals surface area contributed by atoms with E-state index in [-0.39, 0.29) is 5.56 Å². The minimum Gasteiger partial charge on any atom is -0.449 e. The molecule has 0 spiro atoms. The van der Waals surface area contributed by atoms with Gasteiger partial charge in [-0.2, -0.15) is 5.10 Å². The monoisotopic (exact) mass is 403 g/mol. The van der Waals surface area contributed by atoms with E-state index in [2.05, 4.69) is 10.4 Å². The average molecular weight is 403 g/mol. The van der Waals surface area contributed by atoms with Gasteiger partial charge in [-0.15, -0.1) is 0 Å². The van der Waals surface area contributed by atoms with Crippen molar-refractivity contribution in [1.29, 1.82) is 0 Å². The molecule has 1 heterocycles. The van der Waals surface area contributed by atoms with Crippen molar-refractivity contribution in [3.05, 3.63) is 77.4 Å². The van der Waals surface area contributed by atoms with Crippen molar-refractivity contribution in [2.45, 2.75) is 20.0 Å². The molecule has 1 N–H and O–H groups in total. The quantitative estimate of drug-likeness (QED) is 0.520.